The summed E-state index contributed by atoms with van der Waals surface area (Å²) in [4.78, 5) is 24.3. The van der Waals surface area contributed by atoms with Crippen LogP contribution < -0.4 is 32.4 Å². The summed E-state index contributed by atoms with van der Waals surface area (Å²) < 4.78 is 32.9. The molecule has 0 spiro atoms. The standard InChI is InChI=1S/C20H18N4O5S/c1-12-3-8-16(13(2)11-12)22-24-19-18(25)10-9-17(20(19)26)23-21-14-4-6-15(7-5-14)30(27,28)29/h3-11,21-22H,1-2H3,(H,27,28,29)/p-1. The number of hydrogen-bond acceptors (Lipinski definition) is 9. The summed E-state index contributed by atoms with van der Waals surface area (Å²) in [6, 6.07) is 12.9. The van der Waals surface area contributed by atoms with Crippen LogP contribution in [0.2, 0.25) is 0 Å². The second kappa shape index (κ2) is 8.39. The smallest absolute Gasteiger partial charge is 0.237 e. The topological polar surface area (TPSA) is 140 Å². The molecule has 3 rings (SSSR count). The Morgan fingerprint density at radius 1 is 0.867 bits per heavy atom. The van der Waals surface area contributed by atoms with Crippen LogP contribution in [-0.2, 0) is 10.1 Å². The third-order valence-electron chi connectivity index (χ3n) is 4.19. The second-order valence-corrected chi connectivity index (χ2v) is 7.88. The Balaban J connectivity index is 1.92. The largest absolute Gasteiger partial charge is 0.744 e. The normalized spacial score (nSPS) is 12.8. The fourth-order valence-electron chi connectivity index (χ4n) is 2.61. The van der Waals surface area contributed by atoms with Gasteiger partial charge in [0.1, 0.15) is 15.5 Å². The third-order valence-corrected chi connectivity index (χ3v) is 5.04. The first-order chi connectivity index (χ1) is 14.1. The summed E-state index contributed by atoms with van der Waals surface area (Å²) in [6.45, 7) is 3.82. The van der Waals surface area contributed by atoms with Gasteiger partial charge in [-0.25, -0.2) is 8.42 Å². The number of aryl methyl sites for hydroxylation is 2. The van der Waals surface area contributed by atoms with E-state index in [0.29, 0.717) is 11.4 Å². The number of anilines is 2. The highest BCUT2D eigenvalue weighted by molar-refractivity contribution is 7.85. The van der Waals surface area contributed by atoms with Crippen molar-refractivity contribution in [1.82, 2.24) is 0 Å². The lowest BCUT2D eigenvalue weighted by Crippen LogP contribution is -2.48. The van der Waals surface area contributed by atoms with Crippen LogP contribution in [0, 0.1) is 13.8 Å². The Kier molecular flexibility index (Phi) is 5.90. The van der Waals surface area contributed by atoms with Gasteiger partial charge in [-0.05, 0) is 61.9 Å². The van der Waals surface area contributed by atoms with E-state index in [1.165, 1.54) is 24.3 Å². The average molecular weight is 425 g/mol. The van der Waals surface area contributed by atoms with E-state index in [1.807, 2.05) is 26.0 Å². The van der Waals surface area contributed by atoms with Gasteiger partial charge in [-0.15, -0.1) is 0 Å². The molecule has 0 unspecified atom stereocenters. The van der Waals surface area contributed by atoms with E-state index in [1.54, 1.807) is 6.07 Å². The van der Waals surface area contributed by atoms with Gasteiger partial charge < -0.3 is 4.55 Å². The first-order valence-corrected chi connectivity index (χ1v) is 10.1. The summed E-state index contributed by atoms with van der Waals surface area (Å²) in [5, 5.41) is 7.52. The highest BCUT2D eigenvalue weighted by Crippen LogP contribution is 2.15. The molecule has 0 saturated heterocycles. The zero-order chi connectivity index (χ0) is 21.9. The van der Waals surface area contributed by atoms with Gasteiger partial charge in [-0.1, -0.05) is 17.7 Å². The molecule has 0 fully saturated rings. The van der Waals surface area contributed by atoms with Gasteiger partial charge in [0, 0.05) is 0 Å². The van der Waals surface area contributed by atoms with Crippen molar-refractivity contribution in [2.75, 3.05) is 10.9 Å². The summed E-state index contributed by atoms with van der Waals surface area (Å²) in [5.74, 6) is 0. The van der Waals surface area contributed by atoms with E-state index in [2.05, 4.69) is 21.1 Å². The van der Waals surface area contributed by atoms with Crippen molar-refractivity contribution in [1.29, 1.82) is 0 Å². The molecule has 3 aromatic rings. The maximum absolute atomic E-state index is 12.6. The van der Waals surface area contributed by atoms with Crippen LogP contribution in [0.1, 0.15) is 11.1 Å². The molecule has 154 valence electrons. The predicted molar refractivity (Wildman–Crippen MR) is 110 cm³/mol. The molecule has 0 radical (unpaired) electrons. The summed E-state index contributed by atoms with van der Waals surface area (Å²) in [6.07, 6.45) is 0. The highest BCUT2D eigenvalue weighted by atomic mass is 32.2. The van der Waals surface area contributed by atoms with E-state index in [4.69, 9.17) is 0 Å². The van der Waals surface area contributed by atoms with Crippen LogP contribution in [0.15, 0.2) is 79.3 Å². The molecule has 0 aromatic heterocycles. The second-order valence-electron chi connectivity index (χ2n) is 6.50. The van der Waals surface area contributed by atoms with E-state index < -0.39 is 21.0 Å². The van der Waals surface area contributed by atoms with Gasteiger partial charge in [-0.2, -0.15) is 10.2 Å². The molecule has 9 nitrogen and oxygen atoms in total. The minimum Gasteiger partial charge on any atom is -0.744 e. The maximum Gasteiger partial charge on any atom is 0.237 e. The van der Waals surface area contributed by atoms with Gasteiger partial charge in [0.2, 0.25) is 10.9 Å². The van der Waals surface area contributed by atoms with Crippen LogP contribution >= 0.6 is 0 Å². The van der Waals surface area contributed by atoms with Crippen molar-refractivity contribution < 1.29 is 13.0 Å². The third kappa shape index (κ3) is 4.85. The number of benzene rings is 3. The Bertz CT molecular complexity index is 1420. The van der Waals surface area contributed by atoms with E-state index in [-0.39, 0.29) is 15.6 Å². The van der Waals surface area contributed by atoms with E-state index in [9.17, 15) is 22.6 Å². The minimum atomic E-state index is -4.55. The number of nitrogens with zero attached hydrogens (tertiary/aromatic N) is 2. The van der Waals surface area contributed by atoms with Gasteiger partial charge >= 0.3 is 0 Å². The molecule has 0 bridgehead atoms. The van der Waals surface area contributed by atoms with Crippen molar-refractivity contribution in [3.8, 4) is 0 Å². The van der Waals surface area contributed by atoms with Crippen LogP contribution in [-0.4, -0.2) is 13.0 Å². The Hall–Kier alpha value is -3.63. The lowest BCUT2D eigenvalue weighted by Gasteiger charge is -2.07. The lowest BCUT2D eigenvalue weighted by molar-refractivity contribution is 0.463. The molecule has 2 N–H and O–H groups in total. The van der Waals surface area contributed by atoms with Crippen LogP contribution in [0.25, 0.3) is 0 Å². The molecular weight excluding hydrogens is 408 g/mol. The Morgan fingerprint density at radius 3 is 2.20 bits per heavy atom. The van der Waals surface area contributed by atoms with Crippen molar-refractivity contribution in [2.24, 2.45) is 10.2 Å². The van der Waals surface area contributed by atoms with Gasteiger partial charge in [0.15, 0.2) is 5.36 Å². The van der Waals surface area contributed by atoms with E-state index >= 15 is 0 Å². The zero-order valence-corrected chi connectivity index (χ0v) is 16.9. The van der Waals surface area contributed by atoms with Crippen molar-refractivity contribution in [3.63, 3.8) is 0 Å². The molecule has 0 atom stereocenters. The Labute approximate surface area is 171 Å². The lowest BCUT2D eigenvalue weighted by atomic mass is 10.1. The van der Waals surface area contributed by atoms with Gasteiger partial charge in [0.05, 0.1) is 16.3 Å². The van der Waals surface area contributed by atoms with Crippen molar-refractivity contribution >= 4 is 21.5 Å². The molecular formula is C20H17N4O5S-. The van der Waals surface area contributed by atoms with Crippen molar-refractivity contribution in [3.05, 3.63) is 96.9 Å². The monoisotopic (exact) mass is 425 g/mol. The van der Waals surface area contributed by atoms with Crippen LogP contribution in [0.5, 0.6) is 0 Å². The SMILES string of the molecule is Cc1ccc(NN=c2c(=O)ccc(=NNc3ccc(S(=O)(=O)[O-])cc3)c2=O)c(C)c1. The van der Waals surface area contributed by atoms with Crippen LogP contribution in [0.3, 0.4) is 0 Å². The molecule has 30 heavy (non-hydrogen) atoms. The molecule has 0 saturated carbocycles. The molecule has 0 aliphatic carbocycles. The zero-order valence-electron chi connectivity index (χ0n) is 16.0. The Morgan fingerprint density at radius 2 is 1.57 bits per heavy atom. The minimum absolute atomic E-state index is 0.0590. The fraction of sp³-hybridized carbons (Fsp3) is 0.100. The number of hydrogen-bond donors (Lipinski definition) is 2. The number of nitrogens with one attached hydrogen (secondary N) is 2. The van der Waals surface area contributed by atoms with Gasteiger partial charge in [-0.3, -0.25) is 20.4 Å². The fourth-order valence-corrected chi connectivity index (χ4v) is 3.08. The van der Waals surface area contributed by atoms with E-state index in [0.717, 1.165) is 23.3 Å². The molecule has 10 heteroatoms. The average Bonchev–Trinajstić information content (AvgIpc) is 2.68. The predicted octanol–water partition coefficient (Wildman–Crippen LogP) is 0.659. The maximum atomic E-state index is 12.6. The highest BCUT2D eigenvalue weighted by Gasteiger charge is 2.03. The van der Waals surface area contributed by atoms with Crippen molar-refractivity contribution in [2.45, 2.75) is 18.7 Å². The van der Waals surface area contributed by atoms with Gasteiger partial charge in [0.25, 0.3) is 0 Å². The molecule has 0 aliphatic rings. The summed E-state index contributed by atoms with van der Waals surface area (Å²) in [5.41, 5.74) is 7.07. The first kappa shape index (κ1) is 21.1. The quantitative estimate of drug-likeness (QED) is 0.452. The first-order valence-electron chi connectivity index (χ1n) is 8.73. The van der Waals surface area contributed by atoms with Crippen LogP contribution in [0.4, 0.5) is 11.4 Å². The molecule has 3 aromatic carbocycles. The number of rotatable bonds is 5. The molecule has 0 heterocycles. The molecule has 0 aliphatic heterocycles. The summed E-state index contributed by atoms with van der Waals surface area (Å²) >= 11 is 0. The molecule has 0 amide bonds. The summed E-state index contributed by atoms with van der Waals surface area (Å²) in [7, 11) is -4.55.